The number of thioether (sulfide) groups is 1. The molecule has 0 spiro atoms. The molecule has 1 saturated heterocycles. The molecule has 0 saturated carbocycles. The zero-order chi connectivity index (χ0) is 27.5. The zero-order valence-electron chi connectivity index (χ0n) is 22.6. The molecule has 3 aromatic rings. The van der Waals surface area contributed by atoms with E-state index in [0.717, 1.165) is 23.3 Å². The van der Waals surface area contributed by atoms with E-state index in [4.69, 9.17) is 26.4 Å². The summed E-state index contributed by atoms with van der Waals surface area (Å²) in [5, 5.41) is 0. The number of hydrogen-bond donors (Lipinski definition) is 0. The van der Waals surface area contributed by atoms with Crippen LogP contribution in [0.4, 0.5) is 0 Å². The third-order valence-electron chi connectivity index (χ3n) is 6.39. The predicted octanol–water partition coefficient (Wildman–Crippen LogP) is 7.68. The number of carbonyl (C=O) groups is 1. The van der Waals surface area contributed by atoms with Crippen molar-refractivity contribution in [2.45, 2.75) is 45.6 Å². The van der Waals surface area contributed by atoms with Crippen LogP contribution in [-0.2, 0) is 17.8 Å². The summed E-state index contributed by atoms with van der Waals surface area (Å²) in [6.45, 7) is 3.50. The minimum Gasteiger partial charge on any atom is -0.493 e. The summed E-state index contributed by atoms with van der Waals surface area (Å²) in [6.07, 6.45) is 8.02. The number of nitrogens with zero attached hydrogens (tertiary/aromatic N) is 1. The zero-order valence-corrected chi connectivity index (χ0v) is 24.2. The van der Waals surface area contributed by atoms with E-state index in [9.17, 15) is 4.79 Å². The van der Waals surface area contributed by atoms with Crippen molar-refractivity contribution in [1.82, 2.24) is 4.90 Å². The van der Waals surface area contributed by atoms with Crippen LogP contribution in [0.5, 0.6) is 17.2 Å². The molecule has 1 aliphatic heterocycles. The van der Waals surface area contributed by atoms with Gasteiger partial charge in [0, 0.05) is 0 Å². The molecule has 0 aromatic heterocycles. The fourth-order valence-electron chi connectivity index (χ4n) is 4.27. The third kappa shape index (κ3) is 8.35. The first-order valence-electron chi connectivity index (χ1n) is 13.4. The van der Waals surface area contributed by atoms with E-state index in [1.165, 1.54) is 43.0 Å². The largest absolute Gasteiger partial charge is 0.493 e. The van der Waals surface area contributed by atoms with E-state index in [1.807, 2.05) is 66.7 Å². The van der Waals surface area contributed by atoms with Crippen molar-refractivity contribution in [2.24, 2.45) is 0 Å². The average Bonchev–Trinajstić information content (AvgIpc) is 3.22. The van der Waals surface area contributed by atoms with Gasteiger partial charge in [-0.1, -0.05) is 98.7 Å². The number of hydrogen-bond acceptors (Lipinski definition) is 6. The molecule has 0 atom stereocenters. The van der Waals surface area contributed by atoms with Crippen LogP contribution < -0.4 is 14.2 Å². The molecule has 4 rings (SSSR count). The molecule has 0 N–H and O–H groups in total. The molecule has 39 heavy (non-hydrogen) atoms. The number of methoxy groups -OCH3 is 1. The number of rotatable bonds is 14. The highest BCUT2D eigenvalue weighted by Gasteiger charge is 2.32. The lowest BCUT2D eigenvalue weighted by atomic mass is 10.1. The molecule has 0 bridgehead atoms. The number of unbranched alkanes of at least 4 members (excludes halogenated alkanes) is 3. The topological polar surface area (TPSA) is 48.0 Å². The summed E-state index contributed by atoms with van der Waals surface area (Å²) in [4.78, 5) is 15.2. The lowest BCUT2D eigenvalue weighted by molar-refractivity contribution is -0.122. The highest BCUT2D eigenvalue weighted by molar-refractivity contribution is 8.26. The second-order valence-corrected chi connectivity index (χ2v) is 11.0. The van der Waals surface area contributed by atoms with Crippen molar-refractivity contribution < 1.29 is 19.0 Å². The van der Waals surface area contributed by atoms with Gasteiger partial charge in [0.15, 0.2) is 11.5 Å². The number of ether oxygens (including phenoxy) is 3. The monoisotopic (exact) mass is 561 g/mol. The Labute approximate surface area is 241 Å². The van der Waals surface area contributed by atoms with E-state index in [2.05, 4.69) is 19.1 Å². The first-order chi connectivity index (χ1) is 19.1. The van der Waals surface area contributed by atoms with Crippen LogP contribution in [0.25, 0.3) is 6.08 Å². The number of amides is 1. The summed E-state index contributed by atoms with van der Waals surface area (Å²) in [7, 11) is 1.60. The number of benzene rings is 3. The van der Waals surface area contributed by atoms with Gasteiger partial charge in [0.1, 0.15) is 23.3 Å². The first kappa shape index (κ1) is 28.7. The molecule has 0 radical (unpaired) electrons. The number of aryl methyl sites for hydroxylation is 1. The van der Waals surface area contributed by atoms with E-state index in [1.54, 1.807) is 12.0 Å². The minimum atomic E-state index is -0.0881. The van der Waals surface area contributed by atoms with Crippen LogP contribution in [0.1, 0.15) is 49.3 Å². The summed E-state index contributed by atoms with van der Waals surface area (Å²) in [6, 6.07) is 23.8. The Morgan fingerprint density at radius 3 is 2.38 bits per heavy atom. The molecule has 0 unspecified atom stereocenters. The van der Waals surface area contributed by atoms with Gasteiger partial charge in [-0.25, -0.2) is 0 Å². The van der Waals surface area contributed by atoms with Gasteiger partial charge in [0.2, 0.25) is 0 Å². The van der Waals surface area contributed by atoms with Gasteiger partial charge in [-0.15, -0.1) is 0 Å². The van der Waals surface area contributed by atoms with Gasteiger partial charge in [-0.2, -0.15) is 0 Å². The molecule has 7 heteroatoms. The molecular formula is C32H35NO4S2. The average molecular weight is 562 g/mol. The maximum atomic E-state index is 13.0. The Kier molecular flexibility index (Phi) is 10.9. The molecule has 1 aliphatic rings. The van der Waals surface area contributed by atoms with Crippen molar-refractivity contribution in [3.8, 4) is 17.2 Å². The SMILES string of the molecule is CCCCCCc1ccc(OCCOc2ccc(C=C3SC(=S)N(Cc4ccccc4)C3=O)cc2OC)cc1. The van der Waals surface area contributed by atoms with Gasteiger partial charge in [-0.3, -0.25) is 9.69 Å². The molecule has 1 amide bonds. The minimum absolute atomic E-state index is 0.0881. The molecular weight excluding hydrogens is 526 g/mol. The smallest absolute Gasteiger partial charge is 0.266 e. The van der Waals surface area contributed by atoms with Gasteiger partial charge >= 0.3 is 0 Å². The number of carbonyl (C=O) groups excluding carboxylic acids is 1. The van der Waals surface area contributed by atoms with Gasteiger partial charge < -0.3 is 14.2 Å². The van der Waals surface area contributed by atoms with Crippen molar-refractivity contribution in [1.29, 1.82) is 0 Å². The van der Waals surface area contributed by atoms with E-state index >= 15 is 0 Å². The quantitative estimate of drug-likeness (QED) is 0.114. The molecule has 1 heterocycles. The Morgan fingerprint density at radius 1 is 0.872 bits per heavy atom. The van der Waals surface area contributed by atoms with Crippen LogP contribution in [-0.4, -0.2) is 35.5 Å². The Bertz CT molecular complexity index is 1280. The fourth-order valence-corrected chi connectivity index (χ4v) is 5.52. The van der Waals surface area contributed by atoms with Crippen LogP contribution in [0.3, 0.4) is 0 Å². The second-order valence-electron chi connectivity index (χ2n) is 9.32. The van der Waals surface area contributed by atoms with Crippen molar-refractivity contribution >= 4 is 40.3 Å². The van der Waals surface area contributed by atoms with Gasteiger partial charge in [0.25, 0.3) is 5.91 Å². The second kappa shape index (κ2) is 14.8. The highest BCUT2D eigenvalue weighted by atomic mass is 32.2. The van der Waals surface area contributed by atoms with Crippen LogP contribution in [0.15, 0.2) is 77.7 Å². The van der Waals surface area contributed by atoms with E-state index < -0.39 is 0 Å². The van der Waals surface area contributed by atoms with Crippen LogP contribution >= 0.6 is 24.0 Å². The summed E-state index contributed by atoms with van der Waals surface area (Å²) in [5.74, 6) is 1.96. The maximum Gasteiger partial charge on any atom is 0.266 e. The Balaban J connectivity index is 1.28. The van der Waals surface area contributed by atoms with Crippen LogP contribution in [0, 0.1) is 0 Å². The lowest BCUT2D eigenvalue weighted by Gasteiger charge is -2.14. The van der Waals surface area contributed by atoms with Crippen molar-refractivity contribution in [3.63, 3.8) is 0 Å². The Morgan fingerprint density at radius 2 is 1.64 bits per heavy atom. The molecule has 3 aromatic carbocycles. The molecule has 0 aliphatic carbocycles. The van der Waals surface area contributed by atoms with Gasteiger partial charge in [-0.05, 0) is 59.9 Å². The fraction of sp³-hybridized carbons (Fsp3) is 0.312. The molecule has 5 nitrogen and oxygen atoms in total. The Hall–Kier alpha value is -3.29. The lowest BCUT2D eigenvalue weighted by Crippen LogP contribution is -2.27. The summed E-state index contributed by atoms with van der Waals surface area (Å²) >= 11 is 6.79. The molecule has 204 valence electrons. The third-order valence-corrected chi connectivity index (χ3v) is 7.77. The van der Waals surface area contributed by atoms with Gasteiger partial charge in [0.05, 0.1) is 18.6 Å². The van der Waals surface area contributed by atoms with Crippen LogP contribution in [0.2, 0.25) is 0 Å². The standard InChI is InChI=1S/C32H35NO4S2/c1-3-4-5-7-10-24-13-16-27(17-14-24)36-19-20-37-28-18-15-26(21-29(28)35-2)22-30-31(34)33(32(38)39-30)23-25-11-8-6-9-12-25/h6,8-9,11-18,21-22H,3-5,7,10,19-20,23H2,1-2H3. The predicted molar refractivity (Wildman–Crippen MR) is 163 cm³/mol. The summed E-state index contributed by atoms with van der Waals surface area (Å²) in [5.41, 5.74) is 3.22. The van der Waals surface area contributed by atoms with E-state index in [-0.39, 0.29) is 5.91 Å². The van der Waals surface area contributed by atoms with E-state index in [0.29, 0.717) is 40.5 Å². The maximum absolute atomic E-state index is 13.0. The highest BCUT2D eigenvalue weighted by Crippen LogP contribution is 2.35. The normalized spacial score (nSPS) is 14.2. The number of thiocarbonyl (C=S) groups is 1. The van der Waals surface area contributed by atoms with Crippen molar-refractivity contribution in [2.75, 3.05) is 20.3 Å². The summed E-state index contributed by atoms with van der Waals surface area (Å²) < 4.78 is 17.9. The molecule has 1 fully saturated rings. The van der Waals surface area contributed by atoms with Crippen molar-refractivity contribution in [3.05, 3.63) is 94.4 Å². The first-order valence-corrected chi connectivity index (χ1v) is 14.6.